The van der Waals surface area contributed by atoms with Gasteiger partial charge in [-0.15, -0.1) is 0 Å². The van der Waals surface area contributed by atoms with E-state index >= 15 is 0 Å². The summed E-state index contributed by atoms with van der Waals surface area (Å²) in [6.45, 7) is 34.5. The minimum atomic E-state index is 0. The zero-order valence-corrected chi connectivity index (χ0v) is 25.6. The van der Waals surface area contributed by atoms with Crippen molar-refractivity contribution in [2.24, 2.45) is 10.8 Å². The third-order valence-corrected chi connectivity index (χ3v) is 2.23. The number of rotatable bonds is 0. The zero-order valence-electron chi connectivity index (χ0n) is 24.3. The van der Waals surface area contributed by atoms with Crippen LogP contribution in [0.25, 0.3) is 0 Å². The third kappa shape index (κ3) is 128. The summed E-state index contributed by atoms with van der Waals surface area (Å²) >= 11 is 0. The van der Waals surface area contributed by atoms with Gasteiger partial charge in [0.2, 0.25) is 0 Å². The average Bonchev–Trinajstić information content (AvgIpc) is 3.07. The summed E-state index contributed by atoms with van der Waals surface area (Å²) in [4.78, 5) is 0. The fourth-order valence-corrected chi connectivity index (χ4v) is 1.43. The second-order valence-electron chi connectivity index (χ2n) is 12.5. The third-order valence-electron chi connectivity index (χ3n) is 2.23. The van der Waals surface area contributed by atoms with Crippen LogP contribution in [0.3, 0.4) is 0 Å². The van der Waals surface area contributed by atoms with Gasteiger partial charge in [0.1, 0.15) is 26.4 Å². The van der Waals surface area contributed by atoms with Gasteiger partial charge in [-0.1, -0.05) is 77.0 Å². The molecule has 2 aliphatic heterocycles. The summed E-state index contributed by atoms with van der Waals surface area (Å²) < 4.78 is 5.54. The molecule has 198 valence electrons. The van der Waals surface area contributed by atoms with Crippen molar-refractivity contribution in [1.29, 1.82) is 0 Å². The topological polar surface area (TPSA) is 5.40 Å². The predicted octanol–water partition coefficient (Wildman–Crippen LogP) is 10.2. The molecule has 2 heterocycles. The van der Waals surface area contributed by atoms with Crippen molar-refractivity contribution >= 4 is 0 Å². The van der Waals surface area contributed by atoms with E-state index in [-0.39, 0.29) is 24.8 Å². The van der Waals surface area contributed by atoms with E-state index in [4.69, 9.17) is 0 Å². The van der Waals surface area contributed by atoms with Crippen molar-refractivity contribution in [1.82, 2.24) is 0 Å². The van der Waals surface area contributed by atoms with Crippen molar-refractivity contribution in [3.05, 3.63) is 26.1 Å². The molecule has 0 N–H and O–H groups in total. The summed E-state index contributed by atoms with van der Waals surface area (Å²) in [5, 5.41) is 0. The molecule has 0 bridgehead atoms. The quantitative estimate of drug-likeness (QED) is 0.231. The molecule has 2 aliphatic rings. The van der Waals surface area contributed by atoms with E-state index in [1.807, 2.05) is 0 Å². The Kier molecular flexibility index (Phi) is 39.1. The van der Waals surface area contributed by atoms with Crippen molar-refractivity contribution in [2.75, 3.05) is 26.4 Å². The average molecular weight is 499 g/mol. The molecular weight excluding hydrogens is 432 g/mol. The van der Waals surface area contributed by atoms with Crippen LogP contribution in [-0.2, 0) is 26.1 Å². The Hall–Kier alpha value is 0.192. The molecule has 2 nitrogen and oxygen atoms in total. The molecule has 0 aliphatic carbocycles. The molecule has 0 aromatic carbocycles. The molecule has 0 unspecified atom stereocenters. The second-order valence-corrected chi connectivity index (χ2v) is 12.5. The van der Waals surface area contributed by atoms with Crippen LogP contribution >= 0.6 is 0 Å². The van der Waals surface area contributed by atoms with Crippen LogP contribution in [-0.4, -0.2) is 26.4 Å². The Morgan fingerprint density at radius 2 is 0.594 bits per heavy atom. The van der Waals surface area contributed by atoms with Gasteiger partial charge >= 0.3 is 0 Å². The molecule has 2 rings (SSSR count). The van der Waals surface area contributed by atoms with E-state index in [0.717, 1.165) is 26.4 Å². The predicted molar refractivity (Wildman–Crippen MR) is 148 cm³/mol. The van der Waals surface area contributed by atoms with Gasteiger partial charge in [0.15, 0.2) is 0 Å². The van der Waals surface area contributed by atoms with Crippen molar-refractivity contribution in [3.8, 4) is 0 Å². The van der Waals surface area contributed by atoms with E-state index in [9.17, 15) is 0 Å². The van der Waals surface area contributed by atoms with Crippen LogP contribution in [0.5, 0.6) is 0 Å². The largest absolute Gasteiger partial charge is 0.570 e. The Morgan fingerprint density at radius 1 is 0.500 bits per heavy atom. The minimum Gasteiger partial charge on any atom is -0.570 e. The fraction of sp³-hybridized carbons (Fsp3) is 0.862. The van der Waals surface area contributed by atoms with Crippen LogP contribution < -0.4 is 0 Å². The molecule has 0 atom stereocenters. The monoisotopic (exact) mass is 498 g/mol. The fourth-order valence-electron chi connectivity index (χ4n) is 1.43. The van der Waals surface area contributed by atoms with Gasteiger partial charge in [0.05, 0.1) is 53.4 Å². The van der Waals surface area contributed by atoms with Crippen molar-refractivity contribution < 1.29 is 26.1 Å². The number of hydrogen-bond donors (Lipinski definition) is 0. The molecule has 2 saturated heterocycles. The molecule has 0 amide bonds. The first-order valence-electron chi connectivity index (χ1n) is 11.7. The normalized spacial score (nSPS) is 15.0. The van der Waals surface area contributed by atoms with Gasteiger partial charge in [-0.3, -0.25) is 0 Å². The summed E-state index contributed by atoms with van der Waals surface area (Å²) in [5.74, 6) is 2.83. The summed E-state index contributed by atoms with van der Waals surface area (Å²) in [7, 11) is 7.38. The van der Waals surface area contributed by atoms with E-state index in [0.29, 0.717) is 10.8 Å². The molecule has 32 heavy (non-hydrogen) atoms. The van der Waals surface area contributed by atoms with Crippen molar-refractivity contribution in [2.45, 2.75) is 130 Å². The zero-order chi connectivity index (χ0) is 25.0. The first-order valence-corrected chi connectivity index (χ1v) is 11.7. The first kappa shape index (κ1) is 45.7. The van der Waals surface area contributed by atoms with E-state index < -0.39 is 0 Å². The van der Waals surface area contributed by atoms with Gasteiger partial charge in [-0.05, 0) is 10.8 Å². The molecule has 0 aromatic heterocycles. The van der Waals surface area contributed by atoms with Gasteiger partial charge in [-0.2, -0.15) is 0 Å². The van der Waals surface area contributed by atoms with Crippen molar-refractivity contribution in [3.63, 3.8) is 0 Å². The molecule has 0 radical (unpaired) electrons. The van der Waals surface area contributed by atoms with E-state index in [1.165, 1.54) is 37.5 Å². The summed E-state index contributed by atoms with van der Waals surface area (Å²) in [6, 6.07) is 0. The summed E-state index contributed by atoms with van der Waals surface area (Å²) in [5.41, 5.74) is 1.00. The maximum absolute atomic E-state index is 3.69. The van der Waals surface area contributed by atoms with Crippen LogP contribution in [0.4, 0.5) is 0 Å². The molecule has 3 heteroatoms. The van der Waals surface area contributed by atoms with Crippen LogP contribution in [0, 0.1) is 36.9 Å². The standard InChI is InChI=1S/2C5H10O.2C5H12.2C4H9.CH4.Cr/c2*1-6-4-2-3-5-6;2*1-5(2,3)4;2*1-4(2)3;;/h2*1-5H2;2*1-4H3;2*1-3H3;1H4;/q;;;;2*+1;;. The Labute approximate surface area is 219 Å². The maximum Gasteiger partial charge on any atom is 0.120 e. The van der Waals surface area contributed by atoms with Gasteiger partial charge in [-0.25, -0.2) is 0 Å². The minimum absolute atomic E-state index is 0. The Bertz CT molecular complexity index is 253. The maximum atomic E-state index is 3.69. The second kappa shape index (κ2) is 27.4. The smallest absolute Gasteiger partial charge is 0.120 e. The molecule has 0 spiro atoms. The molecule has 0 aromatic rings. The van der Waals surface area contributed by atoms with Gasteiger partial charge in [0, 0.05) is 43.0 Å². The molecular formula is C29H66CrO2+2. The van der Waals surface area contributed by atoms with Crippen LogP contribution in [0.2, 0.25) is 0 Å². The first-order chi connectivity index (χ1) is 13.3. The van der Waals surface area contributed by atoms with E-state index in [1.54, 1.807) is 0 Å². The molecule has 2 fully saturated rings. The van der Waals surface area contributed by atoms with Crippen LogP contribution in [0.1, 0.15) is 130 Å². The Balaban J connectivity index is -0.0000000632. The van der Waals surface area contributed by atoms with Crippen LogP contribution in [0.15, 0.2) is 0 Å². The molecule has 0 saturated carbocycles. The van der Waals surface area contributed by atoms with Gasteiger partial charge in [0.25, 0.3) is 0 Å². The van der Waals surface area contributed by atoms with E-state index in [2.05, 4.69) is 120 Å². The number of hydrogen-bond acceptors (Lipinski definition) is 0. The summed E-state index contributed by atoms with van der Waals surface area (Å²) in [6.07, 6.45) is 5.25. The Morgan fingerprint density at radius 3 is 0.625 bits per heavy atom. The van der Waals surface area contributed by atoms with Gasteiger partial charge < -0.3 is 8.73 Å². The SMILES string of the molecule is C.CC(C)(C)C.CC(C)(C)C.C[C+](C)C.C[C+](C)C.[CH2-][O+]1CCCC1.[CH2-][O+]1CCCC1.[Cr].